The average Bonchev–Trinajstić information content (AvgIpc) is 3.23. The molecule has 1 atom stereocenters. The lowest BCUT2D eigenvalue weighted by atomic mass is 10.2. The van der Waals surface area contributed by atoms with Crippen LogP contribution in [0, 0.1) is 0 Å². The molecule has 1 N–H and O–H groups in total. The Labute approximate surface area is 125 Å². The summed E-state index contributed by atoms with van der Waals surface area (Å²) in [6, 6.07) is 0.998. The normalized spacial score (nSPS) is 17.8. The monoisotopic (exact) mass is 305 g/mol. The molecule has 0 unspecified atom stereocenters. The number of hydrogen-bond acceptors (Lipinski definition) is 6. The van der Waals surface area contributed by atoms with Crippen LogP contribution in [0.15, 0.2) is 27.5 Å². The Balaban J connectivity index is 1.58. The minimum atomic E-state index is -0.953. The predicted octanol–water partition coefficient (Wildman–Crippen LogP) is 1.34. The summed E-state index contributed by atoms with van der Waals surface area (Å²) in [7, 11) is 0. The fraction of sp³-hybridized carbons (Fsp3) is 0.429. The number of nitrogens with zero attached hydrogens (tertiary/aromatic N) is 3. The summed E-state index contributed by atoms with van der Waals surface area (Å²) < 4.78 is 10.0. The Morgan fingerprint density at radius 2 is 2.32 bits per heavy atom. The van der Waals surface area contributed by atoms with Gasteiger partial charge < -0.3 is 18.9 Å². The van der Waals surface area contributed by atoms with Crippen molar-refractivity contribution >= 4 is 11.9 Å². The van der Waals surface area contributed by atoms with Gasteiger partial charge in [0.15, 0.2) is 0 Å². The summed E-state index contributed by atoms with van der Waals surface area (Å²) in [5.41, 5.74) is 0.701. The fourth-order valence-electron chi connectivity index (χ4n) is 2.54. The number of carboxylic acids is 1. The molecular weight excluding hydrogens is 290 g/mol. The van der Waals surface area contributed by atoms with E-state index in [1.54, 1.807) is 6.07 Å². The summed E-state index contributed by atoms with van der Waals surface area (Å²) in [6.07, 6.45) is 4.67. The second kappa shape index (κ2) is 6.00. The van der Waals surface area contributed by atoms with Crippen molar-refractivity contribution in [2.45, 2.75) is 31.7 Å². The van der Waals surface area contributed by atoms with Crippen LogP contribution >= 0.6 is 0 Å². The van der Waals surface area contributed by atoms with Crippen LogP contribution in [-0.4, -0.2) is 44.6 Å². The number of rotatable bonds is 5. The predicted molar refractivity (Wildman–Crippen MR) is 72.7 cm³/mol. The SMILES string of the molecule is O=C(O)[C@@H]1CCCN1C(=O)CCc1nc(-c2ccoc2)no1. The van der Waals surface area contributed by atoms with Gasteiger partial charge in [0.05, 0.1) is 11.8 Å². The van der Waals surface area contributed by atoms with E-state index in [2.05, 4.69) is 10.1 Å². The van der Waals surface area contributed by atoms with Gasteiger partial charge in [0.1, 0.15) is 12.3 Å². The van der Waals surface area contributed by atoms with Crippen LogP contribution in [0.4, 0.5) is 0 Å². The zero-order valence-corrected chi connectivity index (χ0v) is 11.8. The highest BCUT2D eigenvalue weighted by Gasteiger charge is 2.33. The zero-order chi connectivity index (χ0) is 15.5. The molecule has 1 aliphatic rings. The number of carbonyl (C=O) groups excluding carboxylic acids is 1. The maximum Gasteiger partial charge on any atom is 0.326 e. The van der Waals surface area contributed by atoms with Gasteiger partial charge in [-0.1, -0.05) is 5.16 Å². The second-order valence-corrected chi connectivity index (χ2v) is 5.11. The van der Waals surface area contributed by atoms with Gasteiger partial charge in [-0.15, -0.1) is 0 Å². The lowest BCUT2D eigenvalue weighted by Crippen LogP contribution is -2.40. The minimum absolute atomic E-state index is 0.150. The highest BCUT2D eigenvalue weighted by Crippen LogP contribution is 2.20. The van der Waals surface area contributed by atoms with Crippen molar-refractivity contribution in [2.75, 3.05) is 6.54 Å². The van der Waals surface area contributed by atoms with E-state index >= 15 is 0 Å². The quantitative estimate of drug-likeness (QED) is 0.887. The Kier molecular flexibility index (Phi) is 3.90. The molecule has 0 saturated carbocycles. The number of aryl methyl sites for hydroxylation is 1. The van der Waals surface area contributed by atoms with Gasteiger partial charge in [0.2, 0.25) is 17.6 Å². The molecule has 0 spiro atoms. The first-order valence-electron chi connectivity index (χ1n) is 7.02. The maximum atomic E-state index is 12.1. The van der Waals surface area contributed by atoms with Crippen LogP contribution in [0.2, 0.25) is 0 Å². The number of furan rings is 1. The van der Waals surface area contributed by atoms with Crippen LogP contribution in [0.5, 0.6) is 0 Å². The van der Waals surface area contributed by atoms with E-state index in [0.29, 0.717) is 36.7 Å². The van der Waals surface area contributed by atoms with E-state index in [4.69, 9.17) is 14.0 Å². The van der Waals surface area contributed by atoms with Crippen LogP contribution in [0.1, 0.15) is 25.2 Å². The molecule has 3 rings (SSSR count). The van der Waals surface area contributed by atoms with Crippen molar-refractivity contribution in [1.82, 2.24) is 15.0 Å². The van der Waals surface area contributed by atoms with Crippen LogP contribution in [0.3, 0.4) is 0 Å². The van der Waals surface area contributed by atoms with Crippen molar-refractivity contribution in [2.24, 2.45) is 0 Å². The van der Waals surface area contributed by atoms with Gasteiger partial charge in [-0.05, 0) is 18.9 Å². The van der Waals surface area contributed by atoms with E-state index in [9.17, 15) is 9.59 Å². The van der Waals surface area contributed by atoms with Crippen molar-refractivity contribution < 1.29 is 23.6 Å². The third-order valence-corrected chi connectivity index (χ3v) is 3.66. The molecule has 22 heavy (non-hydrogen) atoms. The molecule has 3 heterocycles. The van der Waals surface area contributed by atoms with Crippen LogP contribution in [0.25, 0.3) is 11.4 Å². The highest BCUT2D eigenvalue weighted by molar-refractivity contribution is 5.84. The second-order valence-electron chi connectivity index (χ2n) is 5.11. The molecule has 2 aromatic heterocycles. The fourth-order valence-corrected chi connectivity index (χ4v) is 2.54. The van der Waals surface area contributed by atoms with Crippen LogP contribution < -0.4 is 0 Å². The van der Waals surface area contributed by atoms with Crippen molar-refractivity contribution in [1.29, 1.82) is 0 Å². The van der Waals surface area contributed by atoms with Gasteiger partial charge in [0, 0.05) is 19.4 Å². The van der Waals surface area contributed by atoms with Gasteiger partial charge in [-0.25, -0.2) is 4.79 Å². The topological polar surface area (TPSA) is 110 Å². The van der Waals surface area contributed by atoms with Gasteiger partial charge in [-0.2, -0.15) is 4.98 Å². The lowest BCUT2D eigenvalue weighted by molar-refractivity contribution is -0.148. The van der Waals surface area contributed by atoms with Gasteiger partial charge in [-0.3, -0.25) is 4.79 Å². The molecule has 0 aliphatic carbocycles. The highest BCUT2D eigenvalue weighted by atomic mass is 16.5. The summed E-state index contributed by atoms with van der Waals surface area (Å²) in [5.74, 6) is -0.407. The Bertz CT molecular complexity index is 664. The van der Waals surface area contributed by atoms with E-state index in [-0.39, 0.29) is 18.7 Å². The van der Waals surface area contributed by atoms with Gasteiger partial charge >= 0.3 is 5.97 Å². The lowest BCUT2D eigenvalue weighted by Gasteiger charge is -2.20. The summed E-state index contributed by atoms with van der Waals surface area (Å²) >= 11 is 0. The minimum Gasteiger partial charge on any atom is -0.480 e. The average molecular weight is 305 g/mol. The molecule has 1 amide bonds. The number of likely N-dealkylation sites (tertiary alicyclic amines) is 1. The molecule has 2 aromatic rings. The Morgan fingerprint density at radius 3 is 3.05 bits per heavy atom. The molecule has 1 fully saturated rings. The molecule has 8 heteroatoms. The number of carboxylic acid groups (broad SMARTS) is 1. The largest absolute Gasteiger partial charge is 0.480 e. The zero-order valence-electron chi connectivity index (χ0n) is 11.8. The van der Waals surface area contributed by atoms with E-state index in [1.807, 2.05) is 0 Å². The van der Waals surface area contributed by atoms with Gasteiger partial charge in [0.25, 0.3) is 0 Å². The number of aromatic nitrogens is 2. The maximum absolute atomic E-state index is 12.1. The molecule has 116 valence electrons. The third kappa shape index (κ3) is 2.85. The smallest absolute Gasteiger partial charge is 0.326 e. The number of hydrogen-bond donors (Lipinski definition) is 1. The van der Waals surface area contributed by atoms with Crippen molar-refractivity contribution in [3.63, 3.8) is 0 Å². The van der Waals surface area contributed by atoms with E-state index < -0.39 is 12.0 Å². The molecule has 0 radical (unpaired) electrons. The molecule has 0 bridgehead atoms. The summed E-state index contributed by atoms with van der Waals surface area (Å²) in [4.78, 5) is 28.8. The first kappa shape index (κ1) is 14.3. The number of carbonyl (C=O) groups is 2. The van der Waals surface area contributed by atoms with Crippen molar-refractivity contribution in [3.8, 4) is 11.4 Å². The summed E-state index contributed by atoms with van der Waals surface area (Å²) in [6.45, 7) is 0.486. The van der Waals surface area contributed by atoms with E-state index in [0.717, 1.165) is 0 Å². The van der Waals surface area contributed by atoms with Crippen molar-refractivity contribution in [3.05, 3.63) is 24.5 Å². The molecule has 0 aromatic carbocycles. The molecule has 1 aliphatic heterocycles. The Hall–Kier alpha value is -2.64. The third-order valence-electron chi connectivity index (χ3n) is 3.66. The van der Waals surface area contributed by atoms with E-state index in [1.165, 1.54) is 17.4 Å². The summed E-state index contributed by atoms with van der Waals surface area (Å²) in [5, 5.41) is 12.9. The first-order valence-corrected chi connectivity index (χ1v) is 7.02. The first-order chi connectivity index (χ1) is 10.6. The van der Waals surface area contributed by atoms with Crippen LogP contribution in [-0.2, 0) is 16.0 Å². The number of amides is 1. The number of aliphatic carboxylic acids is 1. The standard InChI is InChI=1S/C14H15N3O5/c18-12(17-6-1-2-10(17)14(19)20)4-3-11-15-13(16-22-11)9-5-7-21-8-9/h5,7-8,10H,1-4,6H2,(H,19,20)/t10-/m0/s1. The molecule has 8 nitrogen and oxygen atoms in total. The Morgan fingerprint density at radius 1 is 1.45 bits per heavy atom. The molecular formula is C14H15N3O5. The molecule has 1 saturated heterocycles.